The summed E-state index contributed by atoms with van der Waals surface area (Å²) in [5, 5.41) is 11.4. The van der Waals surface area contributed by atoms with E-state index in [1.165, 1.54) is 19.2 Å². The van der Waals surface area contributed by atoms with Crippen molar-refractivity contribution in [3.05, 3.63) is 30.0 Å². The Balaban J connectivity index is 2.62. The summed E-state index contributed by atoms with van der Waals surface area (Å²) in [5.74, 6) is -1.32. The number of rotatable bonds is 2. The van der Waals surface area contributed by atoms with Crippen LogP contribution in [0.5, 0.6) is 11.5 Å². The molecule has 0 saturated heterocycles. The lowest BCUT2D eigenvalue weighted by Gasteiger charge is -2.21. The molecule has 2 N–H and O–H groups in total. The highest BCUT2D eigenvalue weighted by Crippen LogP contribution is 2.37. The van der Waals surface area contributed by atoms with Crippen molar-refractivity contribution >= 4 is 17.6 Å². The molecule has 0 unspecified atom stereocenters. The molecule has 0 saturated carbocycles. The zero-order chi connectivity index (χ0) is 12.6. The number of ether oxygens (including phenoxy) is 2. The molecule has 6 heteroatoms. The summed E-state index contributed by atoms with van der Waals surface area (Å²) in [5.41, 5.74) is 0.0101. The van der Waals surface area contributed by atoms with E-state index in [0.29, 0.717) is 5.75 Å². The molecule has 1 aromatic carbocycles. The third-order valence-electron chi connectivity index (χ3n) is 2.27. The van der Waals surface area contributed by atoms with Crippen molar-refractivity contribution < 1.29 is 24.2 Å². The summed E-state index contributed by atoms with van der Waals surface area (Å²) in [7, 11) is 1.41. The Hall–Kier alpha value is -2.50. The van der Waals surface area contributed by atoms with Crippen LogP contribution >= 0.6 is 0 Å². The molecule has 0 atom stereocenters. The largest absolute Gasteiger partial charge is 0.497 e. The van der Waals surface area contributed by atoms with Gasteiger partial charge in [-0.2, -0.15) is 0 Å². The van der Waals surface area contributed by atoms with Crippen LogP contribution in [-0.2, 0) is 4.79 Å². The number of carbonyl (C=O) groups excluding carboxylic acids is 1. The summed E-state index contributed by atoms with van der Waals surface area (Å²) >= 11 is 0. The molecule has 2 rings (SSSR count). The van der Waals surface area contributed by atoms with Crippen LogP contribution in [0.1, 0.15) is 10.4 Å². The maximum absolute atomic E-state index is 11.3. The van der Waals surface area contributed by atoms with Gasteiger partial charge in [-0.1, -0.05) is 6.58 Å². The van der Waals surface area contributed by atoms with Gasteiger partial charge in [-0.05, 0) is 6.07 Å². The molecule has 0 bridgehead atoms. The molecule has 1 amide bonds. The van der Waals surface area contributed by atoms with Crippen LogP contribution in [0.15, 0.2) is 24.5 Å². The van der Waals surface area contributed by atoms with E-state index in [-0.39, 0.29) is 22.8 Å². The Labute approximate surface area is 96.5 Å². The minimum absolute atomic E-state index is 0.0953. The van der Waals surface area contributed by atoms with E-state index in [1.807, 2.05) is 0 Å². The quantitative estimate of drug-likeness (QED) is 0.753. The number of carboxylic acid groups (broad SMARTS) is 1. The fraction of sp³-hybridized carbons (Fsp3) is 0.0909. The average molecular weight is 235 g/mol. The Morgan fingerprint density at radius 3 is 2.82 bits per heavy atom. The Kier molecular flexibility index (Phi) is 2.47. The molecular weight excluding hydrogens is 226 g/mol. The zero-order valence-corrected chi connectivity index (χ0v) is 8.94. The smallest absolute Gasteiger partial charge is 0.338 e. The van der Waals surface area contributed by atoms with Crippen molar-refractivity contribution in [2.75, 3.05) is 12.4 Å². The summed E-state index contributed by atoms with van der Waals surface area (Å²) in [6.45, 7) is 3.40. The second kappa shape index (κ2) is 3.82. The summed E-state index contributed by atoms with van der Waals surface area (Å²) in [6, 6.07) is 2.78. The van der Waals surface area contributed by atoms with E-state index in [4.69, 9.17) is 14.6 Å². The van der Waals surface area contributed by atoms with E-state index in [2.05, 4.69) is 11.9 Å². The van der Waals surface area contributed by atoms with Crippen molar-refractivity contribution in [3.63, 3.8) is 0 Å². The molecule has 88 valence electrons. The molecule has 0 aliphatic carbocycles. The van der Waals surface area contributed by atoms with Crippen LogP contribution in [0.2, 0.25) is 0 Å². The van der Waals surface area contributed by atoms with Crippen LogP contribution in [0.4, 0.5) is 5.69 Å². The molecule has 0 radical (unpaired) electrons. The van der Waals surface area contributed by atoms with E-state index in [0.717, 1.165) is 0 Å². The van der Waals surface area contributed by atoms with Gasteiger partial charge in [-0.15, -0.1) is 0 Å². The SMILES string of the molecule is C=C1Oc2cc(OC)cc(C(=O)O)c2NC1=O. The van der Waals surface area contributed by atoms with Gasteiger partial charge in [-0.3, -0.25) is 4.79 Å². The summed E-state index contributed by atoms with van der Waals surface area (Å²) in [4.78, 5) is 22.4. The number of amides is 1. The number of hydrogen-bond donors (Lipinski definition) is 2. The number of aromatic carboxylic acids is 1. The van der Waals surface area contributed by atoms with Crippen molar-refractivity contribution in [2.45, 2.75) is 0 Å². The van der Waals surface area contributed by atoms with E-state index in [9.17, 15) is 9.59 Å². The maximum atomic E-state index is 11.3. The first kappa shape index (κ1) is 11.0. The maximum Gasteiger partial charge on any atom is 0.338 e. The van der Waals surface area contributed by atoms with Gasteiger partial charge in [0.25, 0.3) is 5.91 Å². The number of benzene rings is 1. The topological polar surface area (TPSA) is 84.9 Å². The van der Waals surface area contributed by atoms with Gasteiger partial charge in [0, 0.05) is 6.07 Å². The second-order valence-corrected chi connectivity index (χ2v) is 3.33. The van der Waals surface area contributed by atoms with Gasteiger partial charge in [0.15, 0.2) is 11.5 Å². The molecular formula is C11H9NO5. The molecule has 1 aliphatic heterocycles. The van der Waals surface area contributed by atoms with Gasteiger partial charge in [0.1, 0.15) is 5.75 Å². The highest BCUT2D eigenvalue weighted by atomic mass is 16.5. The predicted octanol–water partition coefficient (Wildman–Crippen LogP) is 1.24. The van der Waals surface area contributed by atoms with Gasteiger partial charge in [0.2, 0.25) is 0 Å². The second-order valence-electron chi connectivity index (χ2n) is 3.33. The molecule has 1 heterocycles. The minimum Gasteiger partial charge on any atom is -0.497 e. The lowest BCUT2D eigenvalue weighted by atomic mass is 10.1. The highest BCUT2D eigenvalue weighted by Gasteiger charge is 2.26. The molecule has 0 fully saturated rings. The first-order chi connectivity index (χ1) is 8.02. The number of methoxy groups -OCH3 is 1. The monoisotopic (exact) mass is 235 g/mol. The molecule has 0 aromatic heterocycles. The van der Waals surface area contributed by atoms with Crippen LogP contribution in [0, 0.1) is 0 Å². The lowest BCUT2D eigenvalue weighted by Crippen LogP contribution is -2.24. The van der Waals surface area contributed by atoms with E-state index < -0.39 is 11.9 Å². The van der Waals surface area contributed by atoms with Crippen molar-refractivity contribution in [1.82, 2.24) is 0 Å². The molecule has 17 heavy (non-hydrogen) atoms. The van der Waals surface area contributed by atoms with Crippen LogP contribution in [0.25, 0.3) is 0 Å². The van der Waals surface area contributed by atoms with Crippen molar-refractivity contribution in [3.8, 4) is 11.5 Å². The van der Waals surface area contributed by atoms with E-state index in [1.54, 1.807) is 0 Å². The van der Waals surface area contributed by atoms with Gasteiger partial charge in [-0.25, -0.2) is 4.79 Å². The third-order valence-corrected chi connectivity index (χ3v) is 2.27. The minimum atomic E-state index is -1.18. The zero-order valence-electron chi connectivity index (χ0n) is 8.94. The van der Waals surface area contributed by atoms with Crippen molar-refractivity contribution in [2.24, 2.45) is 0 Å². The fourth-order valence-electron chi connectivity index (χ4n) is 1.45. The molecule has 6 nitrogen and oxygen atoms in total. The third kappa shape index (κ3) is 1.80. The Morgan fingerprint density at radius 2 is 2.24 bits per heavy atom. The van der Waals surface area contributed by atoms with Crippen molar-refractivity contribution in [1.29, 1.82) is 0 Å². The van der Waals surface area contributed by atoms with Gasteiger partial charge in [0.05, 0.1) is 18.4 Å². The average Bonchev–Trinajstić information content (AvgIpc) is 2.29. The normalized spacial score (nSPS) is 13.5. The van der Waals surface area contributed by atoms with Gasteiger partial charge >= 0.3 is 5.97 Å². The number of fused-ring (bicyclic) bond motifs is 1. The molecule has 1 aliphatic rings. The van der Waals surface area contributed by atoms with Crippen LogP contribution in [-0.4, -0.2) is 24.1 Å². The number of anilines is 1. The van der Waals surface area contributed by atoms with Gasteiger partial charge < -0.3 is 19.9 Å². The first-order valence-electron chi connectivity index (χ1n) is 4.66. The Morgan fingerprint density at radius 1 is 1.53 bits per heavy atom. The lowest BCUT2D eigenvalue weighted by molar-refractivity contribution is -0.115. The van der Waals surface area contributed by atoms with E-state index >= 15 is 0 Å². The standard InChI is InChI=1S/C11H9NO5/c1-5-10(13)12-9-7(11(14)15)3-6(16-2)4-8(9)17-5/h3-4H,1H2,2H3,(H,12,13)(H,14,15). The number of nitrogens with one attached hydrogen (secondary N) is 1. The predicted molar refractivity (Wildman–Crippen MR) is 58.4 cm³/mol. The highest BCUT2D eigenvalue weighted by molar-refractivity contribution is 6.09. The number of carbonyl (C=O) groups is 2. The summed E-state index contributed by atoms with van der Waals surface area (Å²) < 4.78 is 10.1. The molecule has 0 spiro atoms. The fourth-order valence-corrected chi connectivity index (χ4v) is 1.45. The number of hydrogen-bond acceptors (Lipinski definition) is 4. The Bertz CT molecular complexity index is 535. The molecule has 1 aromatic rings. The number of carboxylic acids is 1. The van der Waals surface area contributed by atoms with Crippen LogP contribution in [0.3, 0.4) is 0 Å². The summed E-state index contributed by atoms with van der Waals surface area (Å²) in [6.07, 6.45) is 0. The first-order valence-corrected chi connectivity index (χ1v) is 4.66. The van der Waals surface area contributed by atoms with Crippen LogP contribution < -0.4 is 14.8 Å².